The van der Waals surface area contributed by atoms with Crippen molar-refractivity contribution < 1.29 is 46.1 Å². The van der Waals surface area contributed by atoms with Crippen molar-refractivity contribution in [3.8, 4) is 46.0 Å². The third-order valence-electron chi connectivity index (χ3n) is 9.97. The van der Waals surface area contributed by atoms with Gasteiger partial charge in [-0.15, -0.1) is 0 Å². The number of phenolic OH excluding ortho intramolecular Hbond substituents is 2. The number of likely N-dealkylation sites (N-methyl/N-ethyl adjacent to an activating group) is 2. The van der Waals surface area contributed by atoms with Crippen LogP contribution >= 0.6 is 0 Å². The maximum Gasteiger partial charge on any atom is 0.201 e. The number of methoxy groups -OCH3 is 2. The van der Waals surface area contributed by atoms with E-state index in [2.05, 4.69) is 50.3 Å². The lowest BCUT2D eigenvalue weighted by molar-refractivity contribution is -0.923. The highest BCUT2D eigenvalue weighted by atomic mass is 35.5. The van der Waals surface area contributed by atoms with Crippen LogP contribution in [-0.4, -0.2) is 68.0 Å². The quantitative estimate of drug-likeness (QED) is 0.322. The summed E-state index contributed by atoms with van der Waals surface area (Å²) >= 11 is 0. The van der Waals surface area contributed by atoms with Gasteiger partial charge in [0.05, 0.1) is 40.4 Å². The second-order valence-electron chi connectivity index (χ2n) is 13.1. The van der Waals surface area contributed by atoms with Crippen molar-refractivity contribution in [2.45, 2.75) is 37.8 Å². The average Bonchev–Trinajstić information content (AvgIpc) is 3.02. The van der Waals surface area contributed by atoms with Crippen molar-refractivity contribution in [1.82, 2.24) is 4.90 Å². The first-order valence-electron chi connectivity index (χ1n) is 15.6. The topological polar surface area (TPSA) is 80.6 Å². The normalized spacial score (nSPS) is 19.8. The molecule has 0 radical (unpaired) electrons. The van der Waals surface area contributed by atoms with E-state index < -0.39 is 0 Å². The van der Waals surface area contributed by atoms with Crippen LogP contribution in [0.3, 0.4) is 0 Å². The van der Waals surface area contributed by atoms with Gasteiger partial charge in [-0.3, -0.25) is 4.90 Å². The Morgan fingerprint density at radius 2 is 1.59 bits per heavy atom. The first-order valence-corrected chi connectivity index (χ1v) is 15.6. The molecular weight excluding hydrogens is 604 g/mol. The molecule has 0 unspecified atom stereocenters. The molecular formula is C37H41ClN2O6. The predicted octanol–water partition coefficient (Wildman–Crippen LogP) is 3.71. The van der Waals surface area contributed by atoms with E-state index in [4.69, 9.17) is 18.9 Å². The minimum absolute atomic E-state index is 0. The molecule has 3 aliphatic rings. The molecule has 0 saturated heterocycles. The Kier molecular flexibility index (Phi) is 8.48. The Balaban J connectivity index is 0.00000372. The van der Waals surface area contributed by atoms with Crippen molar-refractivity contribution >= 4 is 0 Å². The molecule has 0 amide bonds. The minimum atomic E-state index is -0.0515. The summed E-state index contributed by atoms with van der Waals surface area (Å²) in [6.07, 6.45) is 3.11. The fourth-order valence-corrected chi connectivity index (χ4v) is 7.31. The standard InChI is InChI=1S/C37H40N2O6.ClH/c1-38-13-11-24-19-32(42-4)33-21-27(24)28(38)16-22-7-6-8-26(15-22)44-37-35-25(20-34(43-5)36(37)41)12-14-39(2,3)29(35)17-23-9-10-30(40)31(18-23)45-33;/h6-10,15,18-21,28-29H,11-14,16-17H2,1-5H3,(H-,40,41);1H/t28-,29+;/m0./s1. The summed E-state index contributed by atoms with van der Waals surface area (Å²) in [6.45, 7) is 1.82. The number of nitrogens with zero attached hydrogens (tertiary/aromatic N) is 2. The number of ether oxygens (including phenoxy) is 4. The number of phenols is 2. The van der Waals surface area contributed by atoms with E-state index in [1.54, 1.807) is 20.3 Å². The number of hydrogen-bond donors (Lipinski definition) is 2. The molecule has 0 aromatic heterocycles. The van der Waals surface area contributed by atoms with E-state index in [-0.39, 0.29) is 36.0 Å². The van der Waals surface area contributed by atoms with Crippen molar-refractivity contribution in [3.63, 3.8) is 0 Å². The van der Waals surface area contributed by atoms with Crippen LogP contribution in [0.15, 0.2) is 60.7 Å². The van der Waals surface area contributed by atoms with E-state index >= 15 is 0 Å². The molecule has 0 spiro atoms. The molecule has 7 rings (SSSR count). The summed E-state index contributed by atoms with van der Waals surface area (Å²) in [4.78, 5) is 2.37. The number of benzene rings is 4. The van der Waals surface area contributed by atoms with Crippen LogP contribution in [0, 0.1) is 0 Å². The summed E-state index contributed by atoms with van der Waals surface area (Å²) in [5.41, 5.74) is 6.59. The molecule has 3 heterocycles. The van der Waals surface area contributed by atoms with Crippen LogP contribution in [-0.2, 0) is 25.7 Å². The highest BCUT2D eigenvalue weighted by Crippen LogP contribution is 2.51. The number of fused-ring (bicyclic) bond motifs is 5. The van der Waals surface area contributed by atoms with E-state index in [0.29, 0.717) is 45.4 Å². The lowest BCUT2D eigenvalue weighted by atomic mass is 9.86. The van der Waals surface area contributed by atoms with Gasteiger partial charge < -0.3 is 46.1 Å². The van der Waals surface area contributed by atoms with Gasteiger partial charge in [-0.1, -0.05) is 18.2 Å². The second kappa shape index (κ2) is 12.2. The average molecular weight is 645 g/mol. The summed E-state index contributed by atoms with van der Waals surface area (Å²) in [7, 11) is 9.81. The fraction of sp³-hybridized carbons (Fsp3) is 0.351. The third-order valence-corrected chi connectivity index (χ3v) is 9.97. The van der Waals surface area contributed by atoms with Gasteiger partial charge in [0.25, 0.3) is 0 Å². The highest BCUT2D eigenvalue weighted by Gasteiger charge is 2.41. The zero-order valence-electron chi connectivity index (χ0n) is 27.0. The van der Waals surface area contributed by atoms with Gasteiger partial charge in [-0.25, -0.2) is 0 Å². The smallest absolute Gasteiger partial charge is 0.201 e. The molecule has 3 aliphatic heterocycles. The summed E-state index contributed by atoms with van der Waals surface area (Å²) < 4.78 is 25.3. The largest absolute Gasteiger partial charge is 1.00 e. The van der Waals surface area contributed by atoms with Crippen LogP contribution in [0.1, 0.15) is 45.5 Å². The Bertz CT molecular complexity index is 1790. The van der Waals surface area contributed by atoms with Gasteiger partial charge in [0.1, 0.15) is 11.8 Å². The molecule has 4 aromatic rings. The molecule has 0 saturated carbocycles. The Labute approximate surface area is 276 Å². The first-order chi connectivity index (χ1) is 21.6. The maximum atomic E-state index is 11.6. The van der Waals surface area contributed by atoms with E-state index in [9.17, 15) is 10.2 Å². The number of rotatable bonds is 2. The minimum Gasteiger partial charge on any atom is -1.00 e. The zero-order chi connectivity index (χ0) is 31.5. The fourth-order valence-electron chi connectivity index (χ4n) is 7.31. The van der Waals surface area contributed by atoms with Crippen molar-refractivity contribution in [2.24, 2.45) is 0 Å². The molecule has 0 fully saturated rings. The van der Waals surface area contributed by atoms with Gasteiger partial charge in [0.2, 0.25) is 5.75 Å². The first kappa shape index (κ1) is 31.9. The van der Waals surface area contributed by atoms with Gasteiger partial charge >= 0.3 is 0 Å². The van der Waals surface area contributed by atoms with Crippen LogP contribution < -0.4 is 31.4 Å². The summed E-state index contributed by atoms with van der Waals surface area (Å²) in [5.74, 6) is 3.16. The number of quaternary nitrogens is 1. The zero-order valence-corrected chi connectivity index (χ0v) is 27.7. The van der Waals surface area contributed by atoms with Crippen LogP contribution in [0.25, 0.3) is 0 Å². The highest BCUT2D eigenvalue weighted by molar-refractivity contribution is 5.61. The molecule has 2 N–H and O–H groups in total. The molecule has 0 aliphatic carbocycles. The molecule has 9 heteroatoms. The molecule has 8 nitrogen and oxygen atoms in total. The number of aromatic hydroxyl groups is 2. The SMILES string of the molecule is COc1cc2c3cc1Oc1cc(ccc1O)C[C@@H]1c4c(cc(OC)c(O)c4Oc4cccc(c4)C[C@@H]3N(C)CC2)CC[N+]1(C)C.[Cl-]. The lowest BCUT2D eigenvalue weighted by Gasteiger charge is -2.43. The van der Waals surface area contributed by atoms with Crippen LogP contribution in [0.5, 0.6) is 46.0 Å². The Morgan fingerprint density at radius 3 is 2.37 bits per heavy atom. The van der Waals surface area contributed by atoms with Gasteiger partial charge in [0.15, 0.2) is 34.5 Å². The third kappa shape index (κ3) is 5.59. The summed E-state index contributed by atoms with van der Waals surface area (Å²) in [5, 5.41) is 22.5. The molecule has 242 valence electrons. The maximum absolute atomic E-state index is 11.6. The molecule has 6 bridgehead atoms. The summed E-state index contributed by atoms with van der Waals surface area (Å²) in [6, 6.07) is 19.8. The lowest BCUT2D eigenvalue weighted by Crippen LogP contribution is -3.00. The van der Waals surface area contributed by atoms with Gasteiger partial charge in [-0.2, -0.15) is 0 Å². The Hall–Kier alpha value is -4.11. The van der Waals surface area contributed by atoms with Crippen LogP contribution in [0.2, 0.25) is 0 Å². The van der Waals surface area contributed by atoms with E-state index in [0.717, 1.165) is 54.6 Å². The molecule has 2 atom stereocenters. The molecule has 4 aromatic carbocycles. The molecule has 46 heavy (non-hydrogen) atoms. The predicted molar refractivity (Wildman–Crippen MR) is 172 cm³/mol. The van der Waals surface area contributed by atoms with Gasteiger partial charge in [0, 0.05) is 25.4 Å². The Morgan fingerprint density at radius 1 is 0.826 bits per heavy atom. The van der Waals surface area contributed by atoms with Crippen molar-refractivity contribution in [1.29, 1.82) is 0 Å². The number of hydrogen-bond acceptors (Lipinski definition) is 7. The van der Waals surface area contributed by atoms with Gasteiger partial charge in [-0.05, 0) is 90.2 Å². The van der Waals surface area contributed by atoms with E-state index in [1.807, 2.05) is 30.3 Å². The van der Waals surface area contributed by atoms with Crippen LogP contribution in [0.4, 0.5) is 0 Å². The second-order valence-corrected chi connectivity index (χ2v) is 13.1. The number of halogens is 1. The monoisotopic (exact) mass is 644 g/mol. The van der Waals surface area contributed by atoms with Crippen molar-refractivity contribution in [3.05, 3.63) is 94.0 Å². The van der Waals surface area contributed by atoms with Crippen molar-refractivity contribution in [2.75, 3.05) is 48.5 Å². The van der Waals surface area contributed by atoms with E-state index in [1.165, 1.54) is 11.1 Å².